The maximum absolute atomic E-state index is 12.3. The molecule has 0 aliphatic rings. The first-order valence-corrected chi connectivity index (χ1v) is 10.4. The van der Waals surface area contributed by atoms with Crippen LogP contribution in [-0.2, 0) is 27.3 Å². The summed E-state index contributed by atoms with van der Waals surface area (Å²) in [5, 5.41) is 13.4. The number of aliphatic hydroxyl groups is 1. The molecule has 2 aromatic rings. The van der Waals surface area contributed by atoms with Crippen molar-refractivity contribution in [3.05, 3.63) is 71.8 Å². The standard InChI is InChI=1S/C24H31NO5/c1-2-3-16-29-23(27)15-14-22(26)21(17-19-10-6-4-7-11-19)25-24(28)30-18-20-12-8-5-9-13-20/h4-13,21-22,26H,2-3,14-18H2,1H3,(H,25,28)/t21-,22+/m0/s1. The lowest BCUT2D eigenvalue weighted by Gasteiger charge is -2.24. The lowest BCUT2D eigenvalue weighted by atomic mass is 9.98. The second-order valence-corrected chi connectivity index (χ2v) is 7.18. The Morgan fingerprint density at radius 1 is 0.967 bits per heavy atom. The Labute approximate surface area is 178 Å². The average Bonchev–Trinajstić information content (AvgIpc) is 2.77. The van der Waals surface area contributed by atoms with Crippen LogP contribution < -0.4 is 5.32 Å². The molecular formula is C24H31NO5. The highest BCUT2D eigenvalue weighted by Gasteiger charge is 2.23. The number of alkyl carbamates (subject to hydrolysis) is 1. The predicted molar refractivity (Wildman–Crippen MR) is 115 cm³/mol. The van der Waals surface area contributed by atoms with Crippen LogP contribution in [0.2, 0.25) is 0 Å². The Morgan fingerprint density at radius 3 is 2.23 bits per heavy atom. The van der Waals surface area contributed by atoms with Gasteiger partial charge >= 0.3 is 12.1 Å². The smallest absolute Gasteiger partial charge is 0.407 e. The molecule has 2 N–H and O–H groups in total. The molecule has 2 rings (SSSR count). The zero-order chi connectivity index (χ0) is 21.6. The summed E-state index contributed by atoms with van der Waals surface area (Å²) in [6, 6.07) is 18.4. The van der Waals surface area contributed by atoms with Gasteiger partial charge in [-0.05, 0) is 30.4 Å². The average molecular weight is 414 g/mol. The Morgan fingerprint density at radius 2 is 1.60 bits per heavy atom. The molecule has 0 fully saturated rings. The summed E-state index contributed by atoms with van der Waals surface area (Å²) in [5.41, 5.74) is 1.85. The first-order chi connectivity index (χ1) is 14.6. The minimum Gasteiger partial charge on any atom is -0.466 e. The van der Waals surface area contributed by atoms with Gasteiger partial charge in [0.05, 0.1) is 18.8 Å². The van der Waals surface area contributed by atoms with Gasteiger partial charge in [-0.3, -0.25) is 4.79 Å². The third kappa shape index (κ3) is 9.09. The molecule has 0 spiro atoms. The summed E-state index contributed by atoms with van der Waals surface area (Å²) in [6.07, 6.45) is 0.965. The summed E-state index contributed by atoms with van der Waals surface area (Å²) in [4.78, 5) is 24.1. The lowest BCUT2D eigenvalue weighted by molar-refractivity contribution is -0.144. The number of carbonyl (C=O) groups is 2. The molecule has 0 aliphatic heterocycles. The van der Waals surface area contributed by atoms with Crippen molar-refractivity contribution in [2.24, 2.45) is 0 Å². The van der Waals surface area contributed by atoms with Gasteiger partial charge in [0, 0.05) is 6.42 Å². The molecule has 0 aromatic heterocycles. The molecule has 0 saturated heterocycles. The van der Waals surface area contributed by atoms with Crippen molar-refractivity contribution >= 4 is 12.1 Å². The molecule has 1 amide bonds. The minimum atomic E-state index is -0.909. The van der Waals surface area contributed by atoms with Crippen LogP contribution in [0.25, 0.3) is 0 Å². The molecule has 162 valence electrons. The summed E-state index contributed by atoms with van der Waals surface area (Å²) >= 11 is 0. The quantitative estimate of drug-likeness (QED) is 0.406. The molecule has 2 aromatic carbocycles. The highest BCUT2D eigenvalue weighted by atomic mass is 16.5. The van der Waals surface area contributed by atoms with Crippen LogP contribution in [0.5, 0.6) is 0 Å². The van der Waals surface area contributed by atoms with Crippen LogP contribution >= 0.6 is 0 Å². The molecule has 0 radical (unpaired) electrons. The molecule has 6 heteroatoms. The van der Waals surface area contributed by atoms with Crippen molar-refractivity contribution in [1.82, 2.24) is 5.32 Å². The molecular weight excluding hydrogens is 382 g/mol. The Balaban J connectivity index is 1.90. The van der Waals surface area contributed by atoms with Crippen LogP contribution in [0.4, 0.5) is 4.79 Å². The Kier molecular flexibility index (Phi) is 10.4. The zero-order valence-corrected chi connectivity index (χ0v) is 17.5. The van der Waals surface area contributed by atoms with Crippen molar-refractivity contribution in [2.75, 3.05) is 6.61 Å². The van der Waals surface area contributed by atoms with Crippen LogP contribution in [0.15, 0.2) is 60.7 Å². The van der Waals surface area contributed by atoms with Crippen LogP contribution in [0, 0.1) is 0 Å². The fourth-order valence-corrected chi connectivity index (χ4v) is 2.94. The SMILES string of the molecule is CCCCOC(=O)CC[C@@H](O)[C@H](Cc1ccccc1)NC(=O)OCc1ccccc1. The molecule has 0 unspecified atom stereocenters. The van der Waals surface area contributed by atoms with E-state index >= 15 is 0 Å². The van der Waals surface area contributed by atoms with Gasteiger partial charge in [-0.2, -0.15) is 0 Å². The third-order valence-corrected chi connectivity index (χ3v) is 4.68. The number of rotatable bonds is 12. The number of benzene rings is 2. The van der Waals surface area contributed by atoms with Crippen molar-refractivity contribution in [2.45, 2.75) is 57.8 Å². The first-order valence-electron chi connectivity index (χ1n) is 10.4. The van der Waals surface area contributed by atoms with Gasteiger partial charge in [0.2, 0.25) is 0 Å². The maximum Gasteiger partial charge on any atom is 0.407 e. The third-order valence-electron chi connectivity index (χ3n) is 4.68. The van der Waals surface area contributed by atoms with Crippen molar-refractivity contribution in [3.63, 3.8) is 0 Å². The van der Waals surface area contributed by atoms with E-state index < -0.39 is 18.2 Å². The summed E-state index contributed by atoms with van der Waals surface area (Å²) in [7, 11) is 0. The molecule has 0 bridgehead atoms. The highest BCUT2D eigenvalue weighted by Crippen LogP contribution is 2.12. The maximum atomic E-state index is 12.3. The molecule has 0 saturated carbocycles. The second-order valence-electron chi connectivity index (χ2n) is 7.18. The monoisotopic (exact) mass is 413 g/mol. The predicted octanol–water partition coefficient (Wildman–Crippen LogP) is 4.01. The number of unbranched alkanes of at least 4 members (excludes halogenated alkanes) is 1. The topological polar surface area (TPSA) is 84.9 Å². The van der Waals surface area contributed by atoms with Gasteiger partial charge in [-0.15, -0.1) is 0 Å². The largest absolute Gasteiger partial charge is 0.466 e. The van der Waals surface area contributed by atoms with E-state index in [1.54, 1.807) is 0 Å². The number of aliphatic hydroxyl groups excluding tert-OH is 1. The molecule has 6 nitrogen and oxygen atoms in total. The summed E-state index contributed by atoms with van der Waals surface area (Å²) < 4.78 is 10.4. The lowest BCUT2D eigenvalue weighted by Crippen LogP contribution is -2.45. The van der Waals surface area contributed by atoms with Crippen molar-refractivity contribution in [3.8, 4) is 0 Å². The van der Waals surface area contributed by atoms with E-state index in [-0.39, 0.29) is 25.4 Å². The van der Waals surface area contributed by atoms with Gasteiger partial charge in [0.1, 0.15) is 6.61 Å². The van der Waals surface area contributed by atoms with Gasteiger partial charge in [-0.25, -0.2) is 4.79 Å². The molecule has 2 atom stereocenters. The fraction of sp³-hybridized carbons (Fsp3) is 0.417. The van der Waals surface area contributed by atoms with Crippen molar-refractivity contribution < 1.29 is 24.2 Å². The first kappa shape index (κ1) is 23.4. The van der Waals surface area contributed by atoms with E-state index in [9.17, 15) is 14.7 Å². The number of esters is 1. The zero-order valence-electron chi connectivity index (χ0n) is 17.5. The van der Waals surface area contributed by atoms with Gasteiger partial charge in [0.15, 0.2) is 0 Å². The number of ether oxygens (including phenoxy) is 2. The van der Waals surface area contributed by atoms with Gasteiger partial charge < -0.3 is 19.9 Å². The van der Waals surface area contributed by atoms with Gasteiger partial charge in [-0.1, -0.05) is 74.0 Å². The Bertz CT molecular complexity index is 751. The van der Waals surface area contributed by atoms with Crippen LogP contribution in [0.3, 0.4) is 0 Å². The van der Waals surface area contributed by atoms with E-state index in [1.165, 1.54) is 0 Å². The number of hydrogen-bond acceptors (Lipinski definition) is 5. The molecule has 30 heavy (non-hydrogen) atoms. The number of hydrogen-bond donors (Lipinski definition) is 2. The molecule has 0 heterocycles. The summed E-state index contributed by atoms with van der Waals surface area (Å²) in [5.74, 6) is -0.340. The Hall–Kier alpha value is -2.86. The van der Waals surface area contributed by atoms with E-state index in [2.05, 4.69) is 5.32 Å². The van der Waals surface area contributed by atoms with Crippen LogP contribution in [-0.4, -0.2) is 35.9 Å². The number of nitrogens with one attached hydrogen (secondary N) is 1. The number of amides is 1. The van der Waals surface area contributed by atoms with Crippen LogP contribution in [0.1, 0.15) is 43.7 Å². The van der Waals surface area contributed by atoms with Crippen molar-refractivity contribution in [1.29, 1.82) is 0 Å². The number of carbonyl (C=O) groups excluding carboxylic acids is 2. The summed E-state index contributed by atoms with van der Waals surface area (Å²) in [6.45, 7) is 2.56. The normalized spacial score (nSPS) is 12.6. The fourth-order valence-electron chi connectivity index (χ4n) is 2.94. The van der Waals surface area contributed by atoms with E-state index in [0.29, 0.717) is 13.0 Å². The molecule has 0 aliphatic carbocycles. The van der Waals surface area contributed by atoms with E-state index in [1.807, 2.05) is 67.6 Å². The van der Waals surface area contributed by atoms with E-state index in [0.717, 1.165) is 24.0 Å². The highest BCUT2D eigenvalue weighted by molar-refractivity contribution is 5.69. The van der Waals surface area contributed by atoms with E-state index in [4.69, 9.17) is 9.47 Å². The van der Waals surface area contributed by atoms with Gasteiger partial charge in [0.25, 0.3) is 0 Å². The minimum absolute atomic E-state index is 0.0942. The second kappa shape index (κ2) is 13.4.